The van der Waals surface area contributed by atoms with Gasteiger partial charge in [0.15, 0.2) is 0 Å². The van der Waals surface area contributed by atoms with Crippen LogP contribution >= 0.6 is 0 Å². The first kappa shape index (κ1) is 17.9. The Kier molecular flexibility index (Phi) is 3.97. The fourth-order valence-corrected chi connectivity index (χ4v) is 4.23. The summed E-state index contributed by atoms with van der Waals surface area (Å²) in [5.41, 5.74) is 2.17. The molecule has 3 aliphatic heterocycles. The van der Waals surface area contributed by atoms with Crippen molar-refractivity contribution in [1.82, 2.24) is 24.8 Å². The maximum Gasteiger partial charge on any atom is 0.410 e. The summed E-state index contributed by atoms with van der Waals surface area (Å²) in [5, 5.41) is 0.981. The number of carbonyl (C=O) groups is 1. The predicted octanol–water partition coefficient (Wildman–Crippen LogP) is 3.22. The third-order valence-corrected chi connectivity index (χ3v) is 5.50. The van der Waals surface area contributed by atoms with Gasteiger partial charge in [0.2, 0.25) is 0 Å². The van der Waals surface area contributed by atoms with Crippen molar-refractivity contribution in [2.24, 2.45) is 0 Å². The van der Waals surface area contributed by atoms with Crippen LogP contribution in [0.1, 0.15) is 27.2 Å². The molecule has 0 radical (unpaired) electrons. The van der Waals surface area contributed by atoms with Crippen LogP contribution in [-0.4, -0.2) is 61.7 Å². The molecule has 3 aromatic heterocycles. The zero-order valence-corrected chi connectivity index (χ0v) is 16.8. The zero-order chi connectivity index (χ0) is 20.2. The number of hydrogen-bond donors (Lipinski definition) is 1. The van der Waals surface area contributed by atoms with E-state index in [4.69, 9.17) is 4.74 Å². The smallest absolute Gasteiger partial charge is 0.410 e. The van der Waals surface area contributed by atoms with Gasteiger partial charge in [0.25, 0.3) is 0 Å². The van der Waals surface area contributed by atoms with E-state index in [1.54, 1.807) is 6.33 Å². The van der Waals surface area contributed by atoms with Gasteiger partial charge in [0.05, 0.1) is 17.8 Å². The number of piperidine rings is 1. The van der Waals surface area contributed by atoms with E-state index in [2.05, 4.69) is 24.8 Å². The number of carbonyl (C=O) groups excluding carboxylic acids is 1. The molecule has 0 saturated carbocycles. The Morgan fingerprint density at radius 2 is 1.93 bits per heavy atom. The molecule has 3 fully saturated rings. The van der Waals surface area contributed by atoms with Crippen molar-refractivity contribution in [2.75, 3.05) is 18.0 Å². The number of fused-ring (bicyclic) bond motifs is 3. The Hall–Kier alpha value is -3.16. The Bertz CT molecular complexity index is 1040. The number of hydrogen-bond acceptors (Lipinski definition) is 6. The van der Waals surface area contributed by atoms with Crippen molar-refractivity contribution in [3.8, 4) is 11.3 Å². The molecular formula is C21H24N6O2. The summed E-state index contributed by atoms with van der Waals surface area (Å²) in [5.74, 6) is 0.923. The minimum absolute atomic E-state index is 0.187. The van der Waals surface area contributed by atoms with Crippen LogP contribution in [0.15, 0.2) is 36.9 Å². The molecule has 8 heteroatoms. The third-order valence-electron chi connectivity index (χ3n) is 5.50. The molecular weight excluding hydrogens is 368 g/mol. The first-order valence-corrected chi connectivity index (χ1v) is 9.90. The first-order chi connectivity index (χ1) is 13.9. The largest absolute Gasteiger partial charge is 0.444 e. The van der Waals surface area contributed by atoms with Crippen molar-refractivity contribution < 1.29 is 9.53 Å². The predicted molar refractivity (Wildman–Crippen MR) is 110 cm³/mol. The number of H-pyrrole nitrogens is 1. The number of aromatic nitrogens is 4. The van der Waals surface area contributed by atoms with Crippen molar-refractivity contribution in [2.45, 2.75) is 44.9 Å². The average Bonchev–Trinajstić information content (AvgIpc) is 3.15. The molecule has 3 saturated heterocycles. The maximum atomic E-state index is 12.4. The lowest BCUT2D eigenvalue weighted by Crippen LogP contribution is -2.70. The minimum Gasteiger partial charge on any atom is -0.444 e. The molecule has 0 aromatic carbocycles. The lowest BCUT2D eigenvalue weighted by molar-refractivity contribution is -0.0380. The molecule has 0 aliphatic carbocycles. The van der Waals surface area contributed by atoms with Crippen LogP contribution < -0.4 is 4.90 Å². The summed E-state index contributed by atoms with van der Waals surface area (Å²) in [6.07, 6.45) is 6.10. The van der Waals surface area contributed by atoms with Gasteiger partial charge in [-0.15, -0.1) is 0 Å². The van der Waals surface area contributed by atoms with Crippen molar-refractivity contribution >= 4 is 22.9 Å². The topological polar surface area (TPSA) is 87.2 Å². The average molecular weight is 392 g/mol. The van der Waals surface area contributed by atoms with E-state index in [0.717, 1.165) is 47.6 Å². The van der Waals surface area contributed by atoms with E-state index >= 15 is 0 Å². The Labute approximate surface area is 168 Å². The Balaban J connectivity index is 1.30. The number of rotatable bonds is 2. The summed E-state index contributed by atoms with van der Waals surface area (Å²) >= 11 is 0. The van der Waals surface area contributed by atoms with E-state index in [1.165, 1.54) is 0 Å². The van der Waals surface area contributed by atoms with Gasteiger partial charge < -0.3 is 14.6 Å². The number of nitrogens with one attached hydrogen (secondary N) is 1. The van der Waals surface area contributed by atoms with Gasteiger partial charge in [-0.25, -0.2) is 19.7 Å². The summed E-state index contributed by atoms with van der Waals surface area (Å²) in [4.78, 5) is 33.0. The molecule has 29 heavy (non-hydrogen) atoms. The van der Waals surface area contributed by atoms with Crippen molar-refractivity contribution in [3.05, 3.63) is 36.9 Å². The Morgan fingerprint density at radius 1 is 1.14 bits per heavy atom. The zero-order valence-electron chi connectivity index (χ0n) is 16.8. The fourth-order valence-electron chi connectivity index (χ4n) is 4.23. The SMILES string of the molecule is CC(C)(C)OC(=O)N1C2CC1CN(c1ccc(-c3ncnc4[nH]ccc34)cn1)C2. The number of nitrogens with zero attached hydrogens (tertiary/aromatic N) is 5. The van der Waals surface area contributed by atoms with Gasteiger partial charge in [-0.2, -0.15) is 0 Å². The summed E-state index contributed by atoms with van der Waals surface area (Å²) in [6, 6.07) is 6.42. The van der Waals surface area contributed by atoms with Crippen molar-refractivity contribution in [3.63, 3.8) is 0 Å². The van der Waals surface area contributed by atoms with Gasteiger partial charge in [-0.05, 0) is 45.4 Å². The standard InChI is InChI=1S/C21H24N6O2/c1-21(2,3)29-20(28)27-14-8-15(27)11-26(10-14)17-5-4-13(9-23-17)18-16-6-7-22-19(16)25-12-24-18/h4-7,9,12,14-15H,8,10-11H2,1-3H3,(H,22,24,25). The molecule has 150 valence electrons. The maximum absolute atomic E-state index is 12.4. The van der Waals surface area contributed by atoms with E-state index < -0.39 is 5.60 Å². The van der Waals surface area contributed by atoms with E-state index in [0.29, 0.717) is 0 Å². The molecule has 1 amide bonds. The van der Waals surface area contributed by atoms with Crippen LogP contribution in [0.2, 0.25) is 0 Å². The lowest BCUT2D eigenvalue weighted by Gasteiger charge is -2.56. The highest BCUT2D eigenvalue weighted by Gasteiger charge is 2.49. The van der Waals surface area contributed by atoms with Gasteiger partial charge in [-0.1, -0.05) is 0 Å². The molecule has 2 bridgehead atoms. The van der Waals surface area contributed by atoms with Crippen LogP contribution in [0.4, 0.5) is 10.6 Å². The van der Waals surface area contributed by atoms with E-state index in [1.807, 2.05) is 56.3 Å². The quantitative estimate of drug-likeness (QED) is 0.721. The monoisotopic (exact) mass is 392 g/mol. The Morgan fingerprint density at radius 3 is 2.62 bits per heavy atom. The molecule has 3 aliphatic rings. The summed E-state index contributed by atoms with van der Waals surface area (Å²) < 4.78 is 5.55. The van der Waals surface area contributed by atoms with Gasteiger partial charge in [0, 0.05) is 36.4 Å². The number of aromatic amines is 1. The van der Waals surface area contributed by atoms with Crippen LogP contribution in [0.25, 0.3) is 22.3 Å². The second kappa shape index (κ2) is 6.43. The van der Waals surface area contributed by atoms with E-state index in [-0.39, 0.29) is 18.2 Å². The van der Waals surface area contributed by atoms with Gasteiger partial charge >= 0.3 is 6.09 Å². The highest BCUT2D eigenvalue weighted by molar-refractivity contribution is 5.90. The molecule has 1 N–H and O–H groups in total. The lowest BCUT2D eigenvalue weighted by atomic mass is 9.88. The molecule has 3 aromatic rings. The van der Waals surface area contributed by atoms with Crippen molar-refractivity contribution in [1.29, 1.82) is 0 Å². The minimum atomic E-state index is -0.468. The molecule has 6 rings (SSSR count). The molecule has 2 unspecified atom stereocenters. The summed E-state index contributed by atoms with van der Waals surface area (Å²) in [7, 11) is 0. The fraction of sp³-hybridized carbons (Fsp3) is 0.429. The van der Waals surface area contributed by atoms with Gasteiger partial charge in [0.1, 0.15) is 23.4 Å². The summed E-state index contributed by atoms with van der Waals surface area (Å²) in [6.45, 7) is 7.25. The highest BCUT2D eigenvalue weighted by atomic mass is 16.6. The third kappa shape index (κ3) is 3.18. The van der Waals surface area contributed by atoms with Crippen LogP contribution in [-0.2, 0) is 4.74 Å². The van der Waals surface area contributed by atoms with E-state index in [9.17, 15) is 4.79 Å². The highest BCUT2D eigenvalue weighted by Crippen LogP contribution is 2.35. The van der Waals surface area contributed by atoms with Crippen LogP contribution in [0.5, 0.6) is 0 Å². The number of ether oxygens (including phenoxy) is 1. The number of amides is 1. The molecule has 8 nitrogen and oxygen atoms in total. The van der Waals surface area contributed by atoms with Crippen LogP contribution in [0, 0.1) is 0 Å². The normalized spacial score (nSPS) is 21.2. The second-order valence-electron chi connectivity index (χ2n) is 8.70. The second-order valence-corrected chi connectivity index (χ2v) is 8.70. The number of anilines is 1. The van der Waals surface area contributed by atoms with Gasteiger partial charge in [-0.3, -0.25) is 4.90 Å². The molecule has 0 spiro atoms. The molecule has 6 heterocycles. The number of pyridine rings is 1. The van der Waals surface area contributed by atoms with Crippen LogP contribution in [0.3, 0.4) is 0 Å². The molecule has 2 atom stereocenters. The first-order valence-electron chi connectivity index (χ1n) is 9.90. The number of piperazine rings is 1.